The molecule has 120 valence electrons. The molecular weight excluding hydrogens is 295 g/mol. The van der Waals surface area contributed by atoms with Gasteiger partial charge in [0.05, 0.1) is 11.5 Å². The van der Waals surface area contributed by atoms with Crippen molar-refractivity contribution in [1.82, 2.24) is 9.62 Å². The first kappa shape index (κ1) is 18.0. The maximum absolute atomic E-state index is 13.9. The molecule has 5 nitrogen and oxygen atoms in total. The molecule has 0 fully saturated rings. The van der Waals surface area contributed by atoms with Gasteiger partial charge in [0.2, 0.25) is 10.0 Å². The summed E-state index contributed by atoms with van der Waals surface area (Å²) in [7, 11) is -0.537. The van der Waals surface area contributed by atoms with E-state index < -0.39 is 15.8 Å². The van der Waals surface area contributed by atoms with Crippen molar-refractivity contribution < 1.29 is 17.5 Å². The molecule has 0 aromatic heterocycles. The first-order valence-corrected chi connectivity index (χ1v) is 8.26. The summed E-state index contributed by atoms with van der Waals surface area (Å²) < 4.78 is 45.4. The van der Waals surface area contributed by atoms with Gasteiger partial charge in [-0.15, -0.1) is 0 Å². The van der Waals surface area contributed by atoms with Crippen LogP contribution in [0.2, 0.25) is 0 Å². The molecule has 0 saturated heterocycles. The van der Waals surface area contributed by atoms with Crippen LogP contribution in [0.1, 0.15) is 18.1 Å². The predicted octanol–water partition coefficient (Wildman–Crippen LogP) is 1.51. The van der Waals surface area contributed by atoms with Gasteiger partial charge in [-0.2, -0.15) is 4.31 Å². The van der Waals surface area contributed by atoms with Crippen molar-refractivity contribution in [2.75, 3.05) is 33.9 Å². The highest BCUT2D eigenvalue weighted by Gasteiger charge is 2.24. The van der Waals surface area contributed by atoms with Crippen LogP contribution in [-0.4, -0.2) is 46.6 Å². The Morgan fingerprint density at radius 1 is 1.38 bits per heavy atom. The first-order valence-electron chi connectivity index (χ1n) is 6.82. The Labute approximate surface area is 126 Å². The van der Waals surface area contributed by atoms with Crippen LogP contribution in [-0.2, 0) is 21.3 Å². The number of ether oxygens (including phenoxy) is 1. The van der Waals surface area contributed by atoms with E-state index >= 15 is 0 Å². The topological polar surface area (TPSA) is 58.6 Å². The van der Waals surface area contributed by atoms with Crippen molar-refractivity contribution >= 4 is 10.0 Å². The summed E-state index contributed by atoms with van der Waals surface area (Å²) in [6.45, 7) is 4.79. The maximum Gasteiger partial charge on any atom is 0.243 e. The van der Waals surface area contributed by atoms with Gasteiger partial charge in [0, 0.05) is 32.3 Å². The second kappa shape index (κ2) is 7.84. The van der Waals surface area contributed by atoms with Crippen molar-refractivity contribution in [3.63, 3.8) is 0 Å². The zero-order valence-electron chi connectivity index (χ0n) is 12.9. The lowest BCUT2D eigenvalue weighted by atomic mass is 10.1. The van der Waals surface area contributed by atoms with Gasteiger partial charge in [-0.1, -0.05) is 0 Å². The van der Waals surface area contributed by atoms with Crippen molar-refractivity contribution in [2.45, 2.75) is 25.3 Å². The molecule has 0 radical (unpaired) electrons. The molecule has 21 heavy (non-hydrogen) atoms. The Hall–Kier alpha value is -1.02. The highest BCUT2D eigenvalue weighted by molar-refractivity contribution is 7.89. The van der Waals surface area contributed by atoms with E-state index in [0.717, 1.165) is 0 Å². The van der Waals surface area contributed by atoms with E-state index in [1.165, 1.54) is 30.4 Å². The molecule has 0 atom stereocenters. The molecule has 1 rings (SSSR count). The molecule has 0 bridgehead atoms. The lowest BCUT2D eigenvalue weighted by molar-refractivity contribution is 0.138. The van der Waals surface area contributed by atoms with Gasteiger partial charge in [0.1, 0.15) is 5.82 Å². The van der Waals surface area contributed by atoms with E-state index in [1.807, 2.05) is 6.92 Å². The molecule has 0 heterocycles. The van der Waals surface area contributed by atoms with Crippen LogP contribution in [0.5, 0.6) is 0 Å². The lowest BCUT2D eigenvalue weighted by Gasteiger charge is -2.19. The summed E-state index contributed by atoms with van der Waals surface area (Å²) in [6.07, 6.45) is 0. The number of likely N-dealkylation sites (N-methyl/N-ethyl adjacent to an activating group) is 1. The number of nitrogens with one attached hydrogen (secondary N) is 1. The summed E-state index contributed by atoms with van der Waals surface area (Å²) >= 11 is 0. The largest absolute Gasteiger partial charge is 0.380 e. The minimum absolute atomic E-state index is 0.00625. The fraction of sp³-hybridized carbons (Fsp3) is 0.571. The zero-order chi connectivity index (χ0) is 16.0. The van der Waals surface area contributed by atoms with E-state index in [4.69, 9.17) is 4.74 Å². The fourth-order valence-electron chi connectivity index (χ4n) is 1.91. The third-order valence-electron chi connectivity index (χ3n) is 3.18. The number of halogens is 1. The van der Waals surface area contributed by atoms with Crippen LogP contribution >= 0.6 is 0 Å². The second-order valence-corrected chi connectivity index (χ2v) is 6.77. The minimum atomic E-state index is -3.73. The average Bonchev–Trinajstić information content (AvgIpc) is 2.42. The van der Waals surface area contributed by atoms with E-state index in [2.05, 4.69) is 5.32 Å². The number of hydrogen-bond acceptors (Lipinski definition) is 4. The molecule has 0 aliphatic rings. The molecule has 1 aromatic carbocycles. The maximum atomic E-state index is 13.9. The third-order valence-corrected chi connectivity index (χ3v) is 5.16. The summed E-state index contributed by atoms with van der Waals surface area (Å²) in [5.41, 5.74) is 0.732. The quantitative estimate of drug-likeness (QED) is 0.738. The molecule has 1 aromatic rings. The Bertz CT molecular complexity index is 576. The summed E-state index contributed by atoms with van der Waals surface area (Å²) in [4.78, 5) is 0.00625. The molecule has 0 aliphatic heterocycles. The molecule has 0 amide bonds. The smallest absolute Gasteiger partial charge is 0.243 e. The highest BCUT2D eigenvalue weighted by Crippen LogP contribution is 2.23. The molecular formula is C14H23FN2O3S. The Morgan fingerprint density at radius 3 is 2.62 bits per heavy atom. The van der Waals surface area contributed by atoms with Crippen LogP contribution in [0, 0.1) is 12.7 Å². The van der Waals surface area contributed by atoms with Gasteiger partial charge in [-0.25, -0.2) is 12.8 Å². The van der Waals surface area contributed by atoms with Gasteiger partial charge < -0.3 is 10.1 Å². The van der Waals surface area contributed by atoms with Crippen molar-refractivity contribution in [3.8, 4) is 0 Å². The monoisotopic (exact) mass is 318 g/mol. The van der Waals surface area contributed by atoms with E-state index in [0.29, 0.717) is 25.3 Å². The standard InChI is InChI=1S/C14H23FN2O3S/c1-5-20-7-6-17(4)21(18,19)14-9-12(10-16-3)8-13(15)11(14)2/h8-9,16H,5-7,10H2,1-4H3. The summed E-state index contributed by atoms with van der Waals surface area (Å²) in [5, 5.41) is 2.89. The number of nitrogens with zero attached hydrogens (tertiary/aromatic N) is 1. The Balaban J connectivity index is 3.11. The third kappa shape index (κ3) is 4.47. The van der Waals surface area contributed by atoms with E-state index in [-0.39, 0.29) is 17.0 Å². The fourth-order valence-corrected chi connectivity index (χ4v) is 3.34. The molecule has 0 aliphatic carbocycles. The van der Waals surface area contributed by atoms with Gasteiger partial charge in [0.15, 0.2) is 0 Å². The molecule has 1 N–H and O–H groups in total. The molecule has 0 saturated carbocycles. The SMILES string of the molecule is CCOCCN(C)S(=O)(=O)c1cc(CNC)cc(F)c1C. The van der Waals surface area contributed by atoms with Crippen LogP contribution < -0.4 is 5.32 Å². The number of hydrogen-bond donors (Lipinski definition) is 1. The van der Waals surface area contributed by atoms with Crippen LogP contribution in [0.25, 0.3) is 0 Å². The number of benzene rings is 1. The van der Waals surface area contributed by atoms with Crippen molar-refractivity contribution in [1.29, 1.82) is 0 Å². The van der Waals surface area contributed by atoms with Gasteiger partial charge in [-0.05, 0) is 38.6 Å². The molecule has 7 heteroatoms. The van der Waals surface area contributed by atoms with Gasteiger partial charge in [-0.3, -0.25) is 0 Å². The zero-order valence-corrected chi connectivity index (χ0v) is 13.8. The average molecular weight is 318 g/mol. The second-order valence-electron chi connectivity index (χ2n) is 4.75. The van der Waals surface area contributed by atoms with Gasteiger partial charge in [0.25, 0.3) is 0 Å². The van der Waals surface area contributed by atoms with Crippen molar-refractivity contribution in [3.05, 3.63) is 29.1 Å². The number of rotatable bonds is 8. The van der Waals surface area contributed by atoms with Crippen molar-refractivity contribution in [2.24, 2.45) is 0 Å². The Kier molecular flexibility index (Phi) is 6.73. The predicted molar refractivity (Wildman–Crippen MR) is 80.2 cm³/mol. The van der Waals surface area contributed by atoms with E-state index in [9.17, 15) is 12.8 Å². The van der Waals surface area contributed by atoms with E-state index in [1.54, 1.807) is 7.05 Å². The number of sulfonamides is 1. The lowest BCUT2D eigenvalue weighted by Crippen LogP contribution is -2.31. The van der Waals surface area contributed by atoms with Crippen LogP contribution in [0.3, 0.4) is 0 Å². The minimum Gasteiger partial charge on any atom is -0.380 e. The summed E-state index contributed by atoms with van der Waals surface area (Å²) in [5.74, 6) is -0.514. The first-order chi connectivity index (χ1) is 9.84. The summed E-state index contributed by atoms with van der Waals surface area (Å²) in [6, 6.07) is 2.87. The van der Waals surface area contributed by atoms with Crippen LogP contribution in [0.15, 0.2) is 17.0 Å². The Morgan fingerprint density at radius 2 is 2.05 bits per heavy atom. The highest BCUT2D eigenvalue weighted by atomic mass is 32.2. The molecule has 0 spiro atoms. The van der Waals surface area contributed by atoms with Crippen LogP contribution in [0.4, 0.5) is 4.39 Å². The molecule has 0 unspecified atom stereocenters. The normalized spacial score (nSPS) is 12.1. The van der Waals surface area contributed by atoms with Gasteiger partial charge >= 0.3 is 0 Å².